The quantitative estimate of drug-likeness (QED) is 0.564. The van der Waals surface area contributed by atoms with Crippen molar-refractivity contribution in [2.45, 2.75) is 63.2 Å². The highest BCUT2D eigenvalue weighted by atomic mass is 32.2. The Morgan fingerprint density at radius 2 is 2.24 bits per heavy atom. The molecule has 0 aliphatic heterocycles. The minimum absolute atomic E-state index is 0.211. The van der Waals surface area contributed by atoms with E-state index in [1.165, 1.54) is 25.0 Å². The lowest BCUT2D eigenvalue weighted by Gasteiger charge is -2.21. The van der Waals surface area contributed by atoms with Crippen molar-refractivity contribution in [1.82, 2.24) is 0 Å². The van der Waals surface area contributed by atoms with Crippen molar-refractivity contribution in [3.05, 3.63) is 0 Å². The molecule has 17 heavy (non-hydrogen) atoms. The van der Waals surface area contributed by atoms with Gasteiger partial charge in [0, 0.05) is 5.25 Å². The Kier molecular flexibility index (Phi) is 6.34. The molecule has 0 spiro atoms. The Bertz CT molecular complexity index is 248. The summed E-state index contributed by atoms with van der Waals surface area (Å²) >= 11 is 1.97. The van der Waals surface area contributed by atoms with Gasteiger partial charge in [-0.1, -0.05) is 19.8 Å². The molecule has 0 heterocycles. The van der Waals surface area contributed by atoms with Crippen LogP contribution in [0.5, 0.6) is 0 Å². The van der Waals surface area contributed by atoms with Crippen LogP contribution in [0.15, 0.2) is 0 Å². The van der Waals surface area contributed by atoms with Crippen LogP contribution in [-0.2, 0) is 9.53 Å². The summed E-state index contributed by atoms with van der Waals surface area (Å²) in [6.45, 7) is 4.46. The molecule has 1 rings (SSSR count). The van der Waals surface area contributed by atoms with E-state index in [1.54, 1.807) is 0 Å². The van der Waals surface area contributed by atoms with Gasteiger partial charge in [0.25, 0.3) is 0 Å². The average Bonchev–Trinajstić information content (AvgIpc) is 2.69. The highest BCUT2D eigenvalue weighted by Gasteiger charge is 2.43. The number of esters is 1. The normalized spacial score (nSPS) is 28.3. The van der Waals surface area contributed by atoms with Crippen LogP contribution < -0.4 is 5.73 Å². The number of unbranched alkanes of at least 4 members (excludes halogenated alkanes) is 2. The maximum atomic E-state index is 11.7. The van der Waals surface area contributed by atoms with Gasteiger partial charge in [-0.25, -0.2) is 0 Å². The first-order valence-corrected chi connectivity index (χ1v) is 7.75. The highest BCUT2D eigenvalue weighted by molar-refractivity contribution is 7.99. The van der Waals surface area contributed by atoms with E-state index in [0.29, 0.717) is 11.9 Å². The zero-order valence-corrected chi connectivity index (χ0v) is 11.9. The summed E-state index contributed by atoms with van der Waals surface area (Å²) in [5, 5.41) is 0.543. The number of hydrogen-bond donors (Lipinski definition) is 1. The zero-order valence-electron chi connectivity index (χ0n) is 11.0. The van der Waals surface area contributed by atoms with E-state index in [2.05, 4.69) is 6.92 Å². The van der Waals surface area contributed by atoms with Gasteiger partial charge in [-0.3, -0.25) is 4.79 Å². The maximum absolute atomic E-state index is 11.7. The molecule has 0 aromatic rings. The number of thioether (sulfide) groups is 1. The van der Waals surface area contributed by atoms with E-state index in [9.17, 15) is 4.79 Å². The minimum atomic E-state index is -0.710. The zero-order chi connectivity index (χ0) is 12.7. The third-order valence-electron chi connectivity index (χ3n) is 3.29. The van der Waals surface area contributed by atoms with E-state index in [1.807, 2.05) is 18.7 Å². The molecule has 3 nitrogen and oxygen atoms in total. The van der Waals surface area contributed by atoms with Gasteiger partial charge < -0.3 is 10.5 Å². The molecular formula is C13H25NO2S. The number of ether oxygens (including phenoxy) is 1. The van der Waals surface area contributed by atoms with Crippen molar-refractivity contribution in [2.75, 3.05) is 12.4 Å². The summed E-state index contributed by atoms with van der Waals surface area (Å²) in [6.07, 6.45) is 6.43. The molecule has 1 saturated carbocycles. The van der Waals surface area contributed by atoms with Crippen molar-refractivity contribution in [2.24, 2.45) is 5.73 Å². The molecule has 0 saturated heterocycles. The lowest BCUT2D eigenvalue weighted by atomic mass is 10.00. The minimum Gasteiger partial charge on any atom is -0.465 e. The molecule has 1 aliphatic rings. The van der Waals surface area contributed by atoms with E-state index in [0.717, 1.165) is 19.3 Å². The highest BCUT2D eigenvalue weighted by Crippen LogP contribution is 2.36. The Balaban J connectivity index is 2.28. The predicted molar refractivity (Wildman–Crippen MR) is 73.2 cm³/mol. The average molecular weight is 259 g/mol. The van der Waals surface area contributed by atoms with E-state index < -0.39 is 5.54 Å². The number of carbonyl (C=O) groups excluding carboxylic acids is 1. The van der Waals surface area contributed by atoms with E-state index in [4.69, 9.17) is 10.5 Å². The third-order valence-corrected chi connectivity index (χ3v) is 4.69. The van der Waals surface area contributed by atoms with Crippen molar-refractivity contribution >= 4 is 17.7 Å². The Morgan fingerprint density at radius 3 is 2.88 bits per heavy atom. The molecule has 2 N–H and O–H groups in total. The Labute approximate surface area is 109 Å². The molecule has 0 aromatic carbocycles. The summed E-state index contributed by atoms with van der Waals surface area (Å²) in [5.41, 5.74) is 5.41. The first-order chi connectivity index (χ1) is 8.12. The van der Waals surface area contributed by atoms with Gasteiger partial charge in [0.15, 0.2) is 0 Å². The molecule has 2 atom stereocenters. The van der Waals surface area contributed by atoms with Gasteiger partial charge in [0.1, 0.15) is 5.54 Å². The molecule has 0 aromatic heterocycles. The van der Waals surface area contributed by atoms with Crippen LogP contribution in [0.2, 0.25) is 0 Å². The lowest BCUT2D eigenvalue weighted by Crippen LogP contribution is -2.47. The predicted octanol–water partition coefficient (Wildman–Crippen LogP) is 2.72. The molecular weight excluding hydrogens is 234 g/mol. The number of hydrogen-bond acceptors (Lipinski definition) is 4. The number of nitrogens with two attached hydrogens (primary N) is 1. The first-order valence-electron chi connectivity index (χ1n) is 6.70. The summed E-state index contributed by atoms with van der Waals surface area (Å²) in [4.78, 5) is 11.7. The van der Waals surface area contributed by atoms with Crippen LogP contribution >= 0.6 is 11.8 Å². The largest absolute Gasteiger partial charge is 0.465 e. The Hall–Kier alpha value is -0.220. The summed E-state index contributed by atoms with van der Waals surface area (Å²) < 4.78 is 5.05. The standard InChI is InChI=1S/C13H25NO2S/c1-3-5-6-9-17-11-7-8-13(14,10-11)12(15)16-4-2/h11H,3-10,14H2,1-2H3. The van der Waals surface area contributed by atoms with Gasteiger partial charge in [0.05, 0.1) is 6.61 Å². The number of carbonyl (C=O) groups is 1. The summed E-state index contributed by atoms with van der Waals surface area (Å²) in [7, 11) is 0. The van der Waals surface area contributed by atoms with Crippen molar-refractivity contribution in [3.8, 4) is 0 Å². The fraction of sp³-hybridized carbons (Fsp3) is 0.923. The SMILES string of the molecule is CCCCCSC1CCC(N)(C(=O)OCC)C1. The van der Waals surface area contributed by atoms with Crippen LogP contribution in [0.3, 0.4) is 0 Å². The second-order valence-electron chi connectivity index (χ2n) is 4.82. The van der Waals surface area contributed by atoms with Crippen LogP contribution in [0.4, 0.5) is 0 Å². The first kappa shape index (κ1) is 14.8. The molecule has 0 amide bonds. The van der Waals surface area contributed by atoms with Gasteiger partial charge in [-0.2, -0.15) is 11.8 Å². The second kappa shape index (κ2) is 7.27. The lowest BCUT2D eigenvalue weighted by molar-refractivity contribution is -0.149. The second-order valence-corrected chi connectivity index (χ2v) is 6.23. The monoisotopic (exact) mass is 259 g/mol. The fourth-order valence-corrected chi connectivity index (χ4v) is 3.64. The van der Waals surface area contributed by atoms with Gasteiger partial charge in [0.2, 0.25) is 0 Å². The van der Waals surface area contributed by atoms with Crippen molar-refractivity contribution in [3.63, 3.8) is 0 Å². The fourth-order valence-electron chi connectivity index (χ4n) is 2.23. The number of rotatable bonds is 7. The van der Waals surface area contributed by atoms with Crippen molar-refractivity contribution in [1.29, 1.82) is 0 Å². The molecule has 100 valence electrons. The van der Waals surface area contributed by atoms with Gasteiger partial charge in [-0.05, 0) is 38.4 Å². The van der Waals surface area contributed by atoms with Gasteiger partial charge in [-0.15, -0.1) is 0 Å². The molecule has 4 heteroatoms. The maximum Gasteiger partial charge on any atom is 0.326 e. The molecule has 2 unspecified atom stereocenters. The topological polar surface area (TPSA) is 52.3 Å². The van der Waals surface area contributed by atoms with Crippen LogP contribution in [-0.4, -0.2) is 29.1 Å². The molecule has 0 radical (unpaired) electrons. The van der Waals surface area contributed by atoms with Crippen LogP contribution in [0, 0.1) is 0 Å². The van der Waals surface area contributed by atoms with E-state index in [-0.39, 0.29) is 5.97 Å². The van der Waals surface area contributed by atoms with Crippen molar-refractivity contribution < 1.29 is 9.53 Å². The summed E-state index contributed by atoms with van der Waals surface area (Å²) in [5.74, 6) is 0.980. The van der Waals surface area contributed by atoms with Crippen LogP contribution in [0.1, 0.15) is 52.4 Å². The molecule has 1 aliphatic carbocycles. The third kappa shape index (κ3) is 4.51. The smallest absolute Gasteiger partial charge is 0.326 e. The molecule has 1 fully saturated rings. The van der Waals surface area contributed by atoms with E-state index >= 15 is 0 Å². The van der Waals surface area contributed by atoms with Crippen LogP contribution in [0.25, 0.3) is 0 Å². The summed E-state index contributed by atoms with van der Waals surface area (Å²) in [6, 6.07) is 0. The van der Waals surface area contributed by atoms with Gasteiger partial charge >= 0.3 is 5.97 Å². The molecule has 0 bridgehead atoms. The Morgan fingerprint density at radius 1 is 1.47 bits per heavy atom.